The first-order chi connectivity index (χ1) is 8.57. The number of aryl methyl sites for hydroxylation is 1. The summed E-state index contributed by atoms with van der Waals surface area (Å²) in [6, 6.07) is 0.264. The fourth-order valence-electron chi connectivity index (χ4n) is 2.96. The van der Waals surface area contributed by atoms with Crippen LogP contribution in [0, 0.1) is 0 Å². The van der Waals surface area contributed by atoms with Gasteiger partial charge in [-0.05, 0) is 46.3 Å². The molecule has 1 saturated heterocycles. The second kappa shape index (κ2) is 5.36. The van der Waals surface area contributed by atoms with Crippen molar-refractivity contribution in [1.82, 2.24) is 25.2 Å². The predicted octanol–water partition coefficient (Wildman–Crippen LogP) is 1.34. The van der Waals surface area contributed by atoms with E-state index in [0.29, 0.717) is 0 Å². The van der Waals surface area contributed by atoms with Crippen molar-refractivity contribution in [3.63, 3.8) is 0 Å². The molecule has 0 bridgehead atoms. The number of nitrogens with zero attached hydrogens (tertiary/aromatic N) is 4. The monoisotopic (exact) mass is 251 g/mol. The fourth-order valence-corrected chi connectivity index (χ4v) is 2.96. The standard InChI is InChI=1S/C13H25N5/c1-5-14-12(11-10-15-16-17(11)4)13(2,3)18-8-6-7-9-18/h10,12,14H,5-9H2,1-4H3. The highest BCUT2D eigenvalue weighted by molar-refractivity contribution is 5.11. The van der Waals surface area contributed by atoms with Crippen LogP contribution >= 0.6 is 0 Å². The Morgan fingerprint density at radius 1 is 1.39 bits per heavy atom. The van der Waals surface area contributed by atoms with Gasteiger partial charge >= 0.3 is 0 Å². The maximum Gasteiger partial charge on any atom is 0.0771 e. The van der Waals surface area contributed by atoms with Crippen LogP contribution in [-0.2, 0) is 7.05 Å². The third-order valence-corrected chi connectivity index (χ3v) is 4.08. The number of rotatable bonds is 5. The minimum Gasteiger partial charge on any atom is -0.307 e. The van der Waals surface area contributed by atoms with Crippen LogP contribution in [0.4, 0.5) is 0 Å². The quantitative estimate of drug-likeness (QED) is 0.858. The molecule has 1 aliphatic rings. The summed E-state index contributed by atoms with van der Waals surface area (Å²) in [6.07, 6.45) is 4.50. The molecular weight excluding hydrogens is 226 g/mol. The van der Waals surface area contributed by atoms with Crippen molar-refractivity contribution in [2.24, 2.45) is 7.05 Å². The molecule has 0 radical (unpaired) electrons. The highest BCUT2D eigenvalue weighted by Crippen LogP contribution is 2.32. The van der Waals surface area contributed by atoms with Gasteiger partial charge in [-0.3, -0.25) is 9.58 Å². The van der Waals surface area contributed by atoms with Gasteiger partial charge in [0.1, 0.15) is 0 Å². The molecule has 1 fully saturated rings. The molecule has 0 spiro atoms. The van der Waals surface area contributed by atoms with Gasteiger partial charge in [0.15, 0.2) is 0 Å². The molecular formula is C13H25N5. The zero-order valence-corrected chi connectivity index (χ0v) is 12.0. The summed E-state index contributed by atoms with van der Waals surface area (Å²) in [7, 11) is 1.97. The van der Waals surface area contributed by atoms with Crippen LogP contribution in [0.3, 0.4) is 0 Å². The van der Waals surface area contributed by atoms with E-state index in [4.69, 9.17) is 0 Å². The molecule has 5 nitrogen and oxygen atoms in total. The van der Waals surface area contributed by atoms with Gasteiger partial charge in [0.25, 0.3) is 0 Å². The largest absolute Gasteiger partial charge is 0.307 e. The van der Waals surface area contributed by atoms with Gasteiger partial charge in [-0.1, -0.05) is 12.1 Å². The predicted molar refractivity (Wildman–Crippen MR) is 72.3 cm³/mol. The van der Waals surface area contributed by atoms with Gasteiger partial charge in [-0.25, -0.2) is 0 Å². The Hall–Kier alpha value is -0.940. The number of nitrogens with one attached hydrogen (secondary N) is 1. The molecule has 1 unspecified atom stereocenters. The van der Waals surface area contributed by atoms with Crippen LogP contribution in [0.1, 0.15) is 45.3 Å². The van der Waals surface area contributed by atoms with E-state index in [-0.39, 0.29) is 11.6 Å². The molecule has 0 aliphatic carbocycles. The number of likely N-dealkylation sites (tertiary alicyclic amines) is 1. The summed E-state index contributed by atoms with van der Waals surface area (Å²) in [5.74, 6) is 0. The van der Waals surface area contributed by atoms with E-state index in [1.807, 2.05) is 17.9 Å². The normalized spacial score (nSPS) is 19.3. The first-order valence-corrected chi connectivity index (χ1v) is 6.90. The maximum atomic E-state index is 4.07. The molecule has 5 heteroatoms. The molecule has 1 aliphatic heterocycles. The van der Waals surface area contributed by atoms with E-state index in [1.165, 1.54) is 25.9 Å². The van der Waals surface area contributed by atoms with Crippen LogP contribution < -0.4 is 5.32 Å². The summed E-state index contributed by atoms with van der Waals surface area (Å²) < 4.78 is 1.88. The van der Waals surface area contributed by atoms with Crippen LogP contribution in [-0.4, -0.2) is 45.1 Å². The summed E-state index contributed by atoms with van der Waals surface area (Å²) >= 11 is 0. The number of hydrogen-bond acceptors (Lipinski definition) is 4. The van der Waals surface area contributed by atoms with E-state index in [0.717, 1.165) is 12.2 Å². The maximum absolute atomic E-state index is 4.07. The second-order valence-corrected chi connectivity index (χ2v) is 5.62. The van der Waals surface area contributed by atoms with Gasteiger partial charge in [-0.15, -0.1) is 5.10 Å². The lowest BCUT2D eigenvalue weighted by atomic mass is 9.90. The lowest BCUT2D eigenvalue weighted by molar-refractivity contribution is 0.104. The molecule has 1 aromatic heterocycles. The molecule has 1 N–H and O–H groups in total. The van der Waals surface area contributed by atoms with Gasteiger partial charge in [0.2, 0.25) is 0 Å². The van der Waals surface area contributed by atoms with Crippen molar-refractivity contribution in [3.05, 3.63) is 11.9 Å². The molecule has 18 heavy (non-hydrogen) atoms. The SMILES string of the molecule is CCNC(c1cnnn1C)C(C)(C)N1CCCC1. The number of aromatic nitrogens is 3. The third-order valence-electron chi connectivity index (χ3n) is 4.08. The van der Waals surface area contributed by atoms with E-state index >= 15 is 0 Å². The minimum absolute atomic E-state index is 0.0853. The zero-order chi connectivity index (χ0) is 13.2. The Bertz CT molecular complexity index is 378. The van der Waals surface area contributed by atoms with E-state index in [1.54, 1.807) is 0 Å². The topological polar surface area (TPSA) is 46.0 Å². The first kappa shape index (κ1) is 13.5. The molecule has 1 atom stereocenters. The Morgan fingerprint density at radius 3 is 2.56 bits per heavy atom. The van der Waals surface area contributed by atoms with Crippen molar-refractivity contribution in [2.75, 3.05) is 19.6 Å². The summed E-state index contributed by atoms with van der Waals surface area (Å²) in [6.45, 7) is 10.1. The Kier molecular flexibility index (Phi) is 4.02. The van der Waals surface area contributed by atoms with Crippen molar-refractivity contribution < 1.29 is 0 Å². The van der Waals surface area contributed by atoms with Crippen LogP contribution in [0.25, 0.3) is 0 Å². The highest BCUT2D eigenvalue weighted by atomic mass is 15.4. The molecule has 0 aromatic carbocycles. The Labute approximate surface area is 110 Å². The summed E-state index contributed by atoms with van der Waals surface area (Å²) in [5.41, 5.74) is 1.25. The second-order valence-electron chi connectivity index (χ2n) is 5.62. The summed E-state index contributed by atoms with van der Waals surface area (Å²) in [5, 5.41) is 11.7. The molecule has 2 heterocycles. The van der Waals surface area contributed by atoms with Crippen molar-refractivity contribution in [2.45, 2.75) is 45.2 Å². The van der Waals surface area contributed by atoms with Crippen LogP contribution in [0.2, 0.25) is 0 Å². The van der Waals surface area contributed by atoms with Crippen LogP contribution in [0.5, 0.6) is 0 Å². The third kappa shape index (κ3) is 2.42. The first-order valence-electron chi connectivity index (χ1n) is 6.90. The van der Waals surface area contributed by atoms with E-state index in [9.17, 15) is 0 Å². The minimum atomic E-state index is 0.0853. The average molecular weight is 251 g/mol. The van der Waals surface area contributed by atoms with E-state index < -0.39 is 0 Å². The lowest BCUT2D eigenvalue weighted by Crippen LogP contribution is -2.52. The number of hydrogen-bond donors (Lipinski definition) is 1. The molecule has 0 saturated carbocycles. The van der Waals surface area contributed by atoms with Crippen molar-refractivity contribution in [3.8, 4) is 0 Å². The average Bonchev–Trinajstić information content (AvgIpc) is 2.96. The van der Waals surface area contributed by atoms with Crippen molar-refractivity contribution >= 4 is 0 Å². The van der Waals surface area contributed by atoms with Gasteiger partial charge < -0.3 is 5.32 Å². The van der Waals surface area contributed by atoms with E-state index in [2.05, 4.69) is 41.3 Å². The molecule has 1 aromatic rings. The smallest absolute Gasteiger partial charge is 0.0771 e. The Morgan fingerprint density at radius 2 is 2.06 bits per heavy atom. The fraction of sp³-hybridized carbons (Fsp3) is 0.846. The van der Waals surface area contributed by atoms with Gasteiger partial charge in [0.05, 0.1) is 17.9 Å². The number of likely N-dealkylation sites (N-methyl/N-ethyl adjacent to an activating group) is 1. The lowest BCUT2D eigenvalue weighted by Gasteiger charge is -2.42. The molecule has 2 rings (SSSR count). The van der Waals surface area contributed by atoms with Gasteiger partial charge in [-0.2, -0.15) is 0 Å². The van der Waals surface area contributed by atoms with Crippen LogP contribution in [0.15, 0.2) is 6.20 Å². The highest BCUT2D eigenvalue weighted by Gasteiger charge is 2.38. The zero-order valence-electron chi connectivity index (χ0n) is 12.0. The Balaban J connectivity index is 2.26. The summed E-state index contributed by atoms with van der Waals surface area (Å²) in [4.78, 5) is 2.58. The van der Waals surface area contributed by atoms with Crippen molar-refractivity contribution in [1.29, 1.82) is 0 Å². The molecule has 102 valence electrons. The molecule has 0 amide bonds. The van der Waals surface area contributed by atoms with Gasteiger partial charge in [0, 0.05) is 12.6 Å².